The number of thiophene rings is 1. The summed E-state index contributed by atoms with van der Waals surface area (Å²) >= 11 is 1.77. The molecule has 0 radical (unpaired) electrons. The third kappa shape index (κ3) is 4.79. The minimum atomic E-state index is 0.598. The zero-order valence-electron chi connectivity index (χ0n) is 26.7. The highest BCUT2D eigenvalue weighted by Gasteiger charge is 2.18. The molecule has 234 valence electrons. The van der Waals surface area contributed by atoms with E-state index in [0.29, 0.717) is 17.5 Å². The molecule has 50 heavy (non-hydrogen) atoms. The van der Waals surface area contributed by atoms with Gasteiger partial charge in [0.15, 0.2) is 17.5 Å². The second-order valence-electron chi connectivity index (χ2n) is 12.4. The Morgan fingerprint density at radius 3 is 1.80 bits per heavy atom. The summed E-state index contributed by atoms with van der Waals surface area (Å²) in [6, 6.07) is 56.8. The van der Waals surface area contributed by atoms with Crippen LogP contribution in [0, 0.1) is 0 Å². The number of nitrogens with zero attached hydrogens (tertiary/aromatic N) is 3. The Hall–Kier alpha value is -6.43. The van der Waals surface area contributed by atoms with E-state index in [1.165, 1.54) is 21.0 Å². The van der Waals surface area contributed by atoms with Crippen LogP contribution in [0.1, 0.15) is 0 Å². The molecule has 3 heterocycles. The lowest BCUT2D eigenvalue weighted by atomic mass is 9.99. The average molecular weight is 658 g/mol. The molecule has 0 fully saturated rings. The Labute approximate surface area is 292 Å². The Morgan fingerprint density at radius 2 is 0.980 bits per heavy atom. The van der Waals surface area contributed by atoms with Crippen molar-refractivity contribution < 1.29 is 4.42 Å². The first-order chi connectivity index (χ1) is 24.8. The summed E-state index contributed by atoms with van der Waals surface area (Å²) in [6.07, 6.45) is 0. The van der Waals surface area contributed by atoms with Gasteiger partial charge in [-0.25, -0.2) is 15.0 Å². The van der Waals surface area contributed by atoms with Gasteiger partial charge in [0.05, 0.1) is 0 Å². The van der Waals surface area contributed by atoms with Crippen LogP contribution in [0.15, 0.2) is 168 Å². The van der Waals surface area contributed by atoms with Crippen molar-refractivity contribution in [3.05, 3.63) is 164 Å². The lowest BCUT2D eigenvalue weighted by Gasteiger charge is -2.10. The van der Waals surface area contributed by atoms with E-state index in [1.54, 1.807) is 11.3 Å². The van der Waals surface area contributed by atoms with Crippen LogP contribution >= 0.6 is 11.3 Å². The Kier molecular flexibility index (Phi) is 6.64. The van der Waals surface area contributed by atoms with Crippen LogP contribution in [0.25, 0.3) is 98.5 Å². The summed E-state index contributed by atoms with van der Waals surface area (Å²) in [4.78, 5) is 15.4. The van der Waals surface area contributed by atoms with Crippen LogP contribution in [0.5, 0.6) is 0 Å². The van der Waals surface area contributed by atoms with Crippen LogP contribution in [-0.2, 0) is 0 Å². The van der Waals surface area contributed by atoms with E-state index >= 15 is 0 Å². The first-order valence-corrected chi connectivity index (χ1v) is 17.4. The first kappa shape index (κ1) is 28.6. The third-order valence-electron chi connectivity index (χ3n) is 9.37. The van der Waals surface area contributed by atoms with Gasteiger partial charge in [-0.2, -0.15) is 0 Å². The molecule has 0 bridgehead atoms. The molecule has 4 nitrogen and oxygen atoms in total. The number of hydrogen-bond donors (Lipinski definition) is 0. The van der Waals surface area contributed by atoms with Crippen molar-refractivity contribution in [3.8, 4) is 56.4 Å². The second-order valence-corrected chi connectivity index (χ2v) is 13.4. The van der Waals surface area contributed by atoms with Crippen LogP contribution in [0.3, 0.4) is 0 Å². The number of hydrogen-bond acceptors (Lipinski definition) is 5. The molecular formula is C45H27N3OS. The molecule has 0 atom stereocenters. The molecule has 10 aromatic rings. The van der Waals surface area contributed by atoms with Gasteiger partial charge in [-0.15, -0.1) is 11.3 Å². The summed E-state index contributed by atoms with van der Waals surface area (Å²) in [5.74, 6) is 1.87. The molecule has 0 aliphatic rings. The molecule has 3 aromatic heterocycles. The Balaban J connectivity index is 1.16. The average Bonchev–Trinajstić information content (AvgIpc) is 3.77. The molecule has 0 aliphatic carbocycles. The topological polar surface area (TPSA) is 51.8 Å². The Bertz CT molecular complexity index is 2860. The maximum atomic E-state index is 6.48. The van der Waals surface area contributed by atoms with E-state index in [2.05, 4.69) is 146 Å². The fraction of sp³-hybridized carbons (Fsp3) is 0. The number of rotatable bonds is 5. The summed E-state index contributed by atoms with van der Waals surface area (Å²) in [5, 5.41) is 4.61. The van der Waals surface area contributed by atoms with Crippen molar-refractivity contribution in [1.82, 2.24) is 15.0 Å². The van der Waals surface area contributed by atoms with Gasteiger partial charge in [0.2, 0.25) is 0 Å². The van der Waals surface area contributed by atoms with Crippen molar-refractivity contribution in [1.29, 1.82) is 0 Å². The first-order valence-electron chi connectivity index (χ1n) is 16.6. The van der Waals surface area contributed by atoms with Gasteiger partial charge in [0.25, 0.3) is 0 Å². The smallest absolute Gasteiger partial charge is 0.165 e. The lowest BCUT2D eigenvalue weighted by Crippen LogP contribution is -2.00. The minimum Gasteiger partial charge on any atom is -0.456 e. The maximum absolute atomic E-state index is 6.48. The molecule has 0 saturated heterocycles. The number of aromatic nitrogens is 3. The number of fused-ring (bicyclic) bond motifs is 6. The lowest BCUT2D eigenvalue weighted by molar-refractivity contribution is 0.669. The molecular weight excluding hydrogens is 631 g/mol. The van der Waals surface area contributed by atoms with Gasteiger partial charge in [-0.1, -0.05) is 133 Å². The zero-order chi connectivity index (χ0) is 33.0. The van der Waals surface area contributed by atoms with Gasteiger partial charge < -0.3 is 4.42 Å². The molecule has 0 N–H and O–H groups in total. The normalized spacial score (nSPS) is 11.6. The highest BCUT2D eigenvalue weighted by Crippen LogP contribution is 2.41. The molecule has 0 aliphatic heterocycles. The van der Waals surface area contributed by atoms with Gasteiger partial charge >= 0.3 is 0 Å². The van der Waals surface area contributed by atoms with Gasteiger partial charge in [0.1, 0.15) is 11.2 Å². The van der Waals surface area contributed by atoms with E-state index in [1.807, 2.05) is 18.2 Å². The van der Waals surface area contributed by atoms with Crippen molar-refractivity contribution in [3.63, 3.8) is 0 Å². The Morgan fingerprint density at radius 1 is 0.380 bits per heavy atom. The van der Waals surface area contributed by atoms with Crippen molar-refractivity contribution in [2.75, 3.05) is 0 Å². The van der Waals surface area contributed by atoms with Gasteiger partial charge in [-0.3, -0.25) is 0 Å². The standard InChI is InChI=1S/C45H27N3OS/c1-3-11-28(12-4-1)29-21-23-31(24-22-29)43-46-44(48-45(47-43)37-18-9-17-35-34-15-7-8-20-40(34)50-42(35)37)32-25-26-36-39(27-32)49-38-19-10-16-33(41(36)38)30-13-5-2-6-14-30/h1-27H. The van der Waals surface area contributed by atoms with Crippen LogP contribution in [0.4, 0.5) is 0 Å². The van der Waals surface area contributed by atoms with E-state index in [4.69, 9.17) is 19.4 Å². The molecule has 0 saturated carbocycles. The van der Waals surface area contributed by atoms with Crippen molar-refractivity contribution in [2.45, 2.75) is 0 Å². The van der Waals surface area contributed by atoms with Crippen LogP contribution in [0.2, 0.25) is 0 Å². The van der Waals surface area contributed by atoms with Crippen LogP contribution < -0.4 is 0 Å². The van der Waals surface area contributed by atoms with Gasteiger partial charge in [0, 0.05) is 47.6 Å². The molecule has 0 spiro atoms. The molecule has 7 aromatic carbocycles. The third-order valence-corrected chi connectivity index (χ3v) is 10.6. The summed E-state index contributed by atoms with van der Waals surface area (Å²) in [5.41, 5.74) is 9.05. The largest absolute Gasteiger partial charge is 0.456 e. The molecule has 0 amide bonds. The SMILES string of the molecule is c1ccc(-c2ccc(-c3nc(-c4ccc5c(c4)oc4cccc(-c6ccccc6)c45)nc(-c4cccc5c4sc4ccccc45)n3)cc2)cc1. The van der Waals surface area contributed by atoms with Gasteiger partial charge in [-0.05, 0) is 52.6 Å². The predicted octanol–water partition coefficient (Wildman–Crippen LogP) is 12.5. The fourth-order valence-electron chi connectivity index (χ4n) is 6.94. The van der Waals surface area contributed by atoms with Crippen molar-refractivity contribution >= 4 is 53.4 Å². The predicted molar refractivity (Wildman–Crippen MR) is 207 cm³/mol. The van der Waals surface area contributed by atoms with E-state index in [9.17, 15) is 0 Å². The molecule has 5 heteroatoms. The molecule has 10 rings (SSSR count). The highest BCUT2D eigenvalue weighted by molar-refractivity contribution is 7.26. The van der Waals surface area contributed by atoms with Crippen molar-refractivity contribution in [2.24, 2.45) is 0 Å². The maximum Gasteiger partial charge on any atom is 0.165 e. The van der Waals surface area contributed by atoms with Crippen LogP contribution in [-0.4, -0.2) is 15.0 Å². The van der Waals surface area contributed by atoms with E-state index in [-0.39, 0.29) is 0 Å². The number of furan rings is 1. The highest BCUT2D eigenvalue weighted by atomic mass is 32.1. The number of benzene rings is 7. The summed E-state index contributed by atoms with van der Waals surface area (Å²) < 4.78 is 8.89. The fourth-order valence-corrected chi connectivity index (χ4v) is 8.16. The minimum absolute atomic E-state index is 0.598. The summed E-state index contributed by atoms with van der Waals surface area (Å²) in [6.45, 7) is 0. The zero-order valence-corrected chi connectivity index (χ0v) is 27.6. The monoisotopic (exact) mass is 657 g/mol. The quantitative estimate of drug-likeness (QED) is 0.185. The van der Waals surface area contributed by atoms with E-state index < -0.39 is 0 Å². The molecule has 0 unspecified atom stereocenters. The summed E-state index contributed by atoms with van der Waals surface area (Å²) in [7, 11) is 0. The second kappa shape index (κ2) is 11.6. The van der Waals surface area contributed by atoms with E-state index in [0.717, 1.165) is 60.0 Å².